The van der Waals surface area contributed by atoms with Crippen LogP contribution >= 0.6 is 0 Å². The highest BCUT2D eigenvalue weighted by Gasteiger charge is 2.48. The second-order valence-electron chi connectivity index (χ2n) is 3.99. The minimum Gasteiger partial charge on any atom is -0.352 e. The topological polar surface area (TPSA) is 49.4 Å². The Morgan fingerprint density at radius 2 is 2.00 bits per heavy atom. The summed E-state index contributed by atoms with van der Waals surface area (Å²) in [5.74, 6) is -0.119. The molecule has 1 fully saturated rings. The third-order valence-corrected chi connectivity index (χ3v) is 2.94. The summed E-state index contributed by atoms with van der Waals surface area (Å²) in [6, 6.07) is 0. The van der Waals surface area contributed by atoms with Gasteiger partial charge in [0.25, 0.3) is 0 Å². The normalized spacial score (nSPS) is 22.4. The van der Waals surface area contributed by atoms with Crippen molar-refractivity contribution in [2.24, 2.45) is 11.8 Å². The molecule has 2 atom stereocenters. The maximum atomic E-state index is 11.9. The predicted octanol–water partition coefficient (Wildman–Crippen LogP) is 0.793. The van der Waals surface area contributed by atoms with Crippen LogP contribution in [0, 0.1) is 11.8 Å². The summed E-state index contributed by atoms with van der Waals surface area (Å²) in [6.07, 6.45) is 2.33. The van der Waals surface area contributed by atoms with Crippen molar-refractivity contribution >= 4 is 11.8 Å². The molecule has 0 aromatic rings. The highest BCUT2D eigenvalue weighted by atomic mass is 16.2. The Hall–Kier alpha value is -1.32. The van der Waals surface area contributed by atoms with Crippen molar-refractivity contribution in [1.82, 2.24) is 10.2 Å². The number of carbonyl (C=O) groups is 2. The summed E-state index contributed by atoms with van der Waals surface area (Å²) in [5, 5.41) is 2.73. The molecule has 0 aliphatic heterocycles. The summed E-state index contributed by atoms with van der Waals surface area (Å²) < 4.78 is 0. The SMILES string of the molecule is C=CCNC(=O)C1CC1C(=O)N(CC)CC. The van der Waals surface area contributed by atoms with Gasteiger partial charge in [-0.05, 0) is 20.3 Å². The van der Waals surface area contributed by atoms with Gasteiger partial charge in [-0.2, -0.15) is 0 Å². The van der Waals surface area contributed by atoms with Crippen molar-refractivity contribution in [2.45, 2.75) is 20.3 Å². The summed E-state index contributed by atoms with van der Waals surface area (Å²) in [6.45, 7) is 9.35. The number of hydrogen-bond donors (Lipinski definition) is 1. The third kappa shape index (κ3) is 2.84. The van der Waals surface area contributed by atoms with Gasteiger partial charge < -0.3 is 10.2 Å². The minimum atomic E-state index is -0.118. The predicted molar refractivity (Wildman–Crippen MR) is 62.7 cm³/mol. The van der Waals surface area contributed by atoms with Gasteiger partial charge in [0.15, 0.2) is 0 Å². The van der Waals surface area contributed by atoms with E-state index in [0.717, 1.165) is 0 Å². The molecule has 2 amide bonds. The Labute approximate surface area is 96.7 Å². The largest absolute Gasteiger partial charge is 0.352 e. The van der Waals surface area contributed by atoms with Gasteiger partial charge in [0, 0.05) is 19.6 Å². The van der Waals surface area contributed by atoms with E-state index in [1.807, 2.05) is 13.8 Å². The lowest BCUT2D eigenvalue weighted by molar-refractivity contribution is -0.134. The van der Waals surface area contributed by atoms with E-state index in [2.05, 4.69) is 11.9 Å². The molecule has 90 valence electrons. The van der Waals surface area contributed by atoms with Crippen LogP contribution in [-0.2, 0) is 9.59 Å². The van der Waals surface area contributed by atoms with Crippen LogP contribution in [0.1, 0.15) is 20.3 Å². The molecule has 0 heterocycles. The Bertz CT molecular complexity index is 285. The quantitative estimate of drug-likeness (QED) is 0.678. The van der Waals surface area contributed by atoms with Crippen molar-refractivity contribution < 1.29 is 9.59 Å². The smallest absolute Gasteiger partial charge is 0.226 e. The fourth-order valence-electron chi connectivity index (χ4n) is 1.83. The number of amides is 2. The van der Waals surface area contributed by atoms with Gasteiger partial charge in [-0.15, -0.1) is 6.58 Å². The van der Waals surface area contributed by atoms with Crippen molar-refractivity contribution in [2.75, 3.05) is 19.6 Å². The zero-order valence-electron chi connectivity index (χ0n) is 10.0. The van der Waals surface area contributed by atoms with Crippen LogP contribution in [0.4, 0.5) is 0 Å². The van der Waals surface area contributed by atoms with Crippen LogP contribution < -0.4 is 5.32 Å². The van der Waals surface area contributed by atoms with E-state index in [9.17, 15) is 9.59 Å². The first-order valence-corrected chi connectivity index (χ1v) is 5.83. The van der Waals surface area contributed by atoms with Crippen molar-refractivity contribution in [1.29, 1.82) is 0 Å². The molecule has 1 rings (SSSR count). The van der Waals surface area contributed by atoms with Crippen molar-refractivity contribution in [3.63, 3.8) is 0 Å². The molecule has 2 unspecified atom stereocenters. The fourth-order valence-corrected chi connectivity index (χ4v) is 1.83. The van der Waals surface area contributed by atoms with Gasteiger partial charge in [-0.25, -0.2) is 0 Å². The first-order valence-electron chi connectivity index (χ1n) is 5.83. The second kappa shape index (κ2) is 5.68. The average Bonchev–Trinajstić information content (AvgIpc) is 3.07. The van der Waals surface area contributed by atoms with E-state index in [4.69, 9.17) is 0 Å². The highest BCUT2D eigenvalue weighted by Crippen LogP contribution is 2.40. The molecule has 1 aliphatic carbocycles. The number of nitrogens with one attached hydrogen (secondary N) is 1. The molecular formula is C12H20N2O2. The summed E-state index contributed by atoms with van der Waals surface area (Å²) in [5.41, 5.74) is 0. The second-order valence-corrected chi connectivity index (χ2v) is 3.99. The lowest BCUT2D eigenvalue weighted by Gasteiger charge is -2.18. The minimum absolute atomic E-state index is 0.0228. The molecule has 0 radical (unpaired) electrons. The zero-order chi connectivity index (χ0) is 12.1. The molecule has 1 N–H and O–H groups in total. The molecule has 0 aromatic carbocycles. The van der Waals surface area contributed by atoms with Crippen LogP contribution in [0.3, 0.4) is 0 Å². The van der Waals surface area contributed by atoms with Crippen molar-refractivity contribution in [3.8, 4) is 0 Å². The molecule has 0 bridgehead atoms. The van der Waals surface area contributed by atoms with E-state index in [1.54, 1.807) is 11.0 Å². The van der Waals surface area contributed by atoms with E-state index in [1.165, 1.54) is 0 Å². The molecule has 1 saturated carbocycles. The lowest BCUT2D eigenvalue weighted by atomic mass is 10.2. The third-order valence-electron chi connectivity index (χ3n) is 2.94. The lowest BCUT2D eigenvalue weighted by Crippen LogP contribution is -2.34. The van der Waals surface area contributed by atoms with Gasteiger partial charge in [-0.1, -0.05) is 6.08 Å². The van der Waals surface area contributed by atoms with Gasteiger partial charge in [0.05, 0.1) is 11.8 Å². The molecular weight excluding hydrogens is 204 g/mol. The van der Waals surface area contributed by atoms with Crippen LogP contribution in [-0.4, -0.2) is 36.3 Å². The Balaban J connectivity index is 2.40. The molecule has 0 spiro atoms. The number of nitrogens with zero attached hydrogens (tertiary/aromatic N) is 1. The van der Waals surface area contributed by atoms with E-state index in [0.29, 0.717) is 26.1 Å². The standard InChI is InChI=1S/C12H20N2O2/c1-4-7-13-11(15)9-8-10(9)12(16)14(5-2)6-3/h4,9-10H,1,5-8H2,2-3H3,(H,13,15). The summed E-state index contributed by atoms with van der Waals surface area (Å²) in [7, 11) is 0. The molecule has 0 saturated heterocycles. The van der Waals surface area contributed by atoms with Gasteiger partial charge >= 0.3 is 0 Å². The molecule has 16 heavy (non-hydrogen) atoms. The molecule has 0 aromatic heterocycles. The van der Waals surface area contributed by atoms with Crippen LogP contribution in [0.2, 0.25) is 0 Å². The van der Waals surface area contributed by atoms with Crippen molar-refractivity contribution in [3.05, 3.63) is 12.7 Å². The molecule has 4 nitrogen and oxygen atoms in total. The number of carbonyl (C=O) groups excluding carboxylic acids is 2. The van der Waals surface area contributed by atoms with Crippen LogP contribution in [0.25, 0.3) is 0 Å². The van der Waals surface area contributed by atoms with E-state index in [-0.39, 0.29) is 23.7 Å². The number of rotatable bonds is 6. The van der Waals surface area contributed by atoms with Gasteiger partial charge in [0.2, 0.25) is 11.8 Å². The van der Waals surface area contributed by atoms with Crippen LogP contribution in [0.5, 0.6) is 0 Å². The van der Waals surface area contributed by atoms with Gasteiger partial charge in [0.1, 0.15) is 0 Å². The van der Waals surface area contributed by atoms with Gasteiger partial charge in [-0.3, -0.25) is 9.59 Å². The van der Waals surface area contributed by atoms with E-state index < -0.39 is 0 Å². The maximum absolute atomic E-state index is 11.9. The first-order chi connectivity index (χ1) is 7.65. The molecule has 4 heteroatoms. The molecule has 1 aliphatic rings. The van der Waals surface area contributed by atoms with E-state index >= 15 is 0 Å². The Kier molecular flexibility index (Phi) is 4.52. The first kappa shape index (κ1) is 12.7. The average molecular weight is 224 g/mol. The highest BCUT2D eigenvalue weighted by molar-refractivity contribution is 5.92. The zero-order valence-corrected chi connectivity index (χ0v) is 10.0. The Morgan fingerprint density at radius 3 is 2.50 bits per heavy atom. The number of hydrogen-bond acceptors (Lipinski definition) is 2. The summed E-state index contributed by atoms with van der Waals surface area (Å²) in [4.78, 5) is 25.2. The Morgan fingerprint density at radius 1 is 1.38 bits per heavy atom. The summed E-state index contributed by atoms with van der Waals surface area (Å²) >= 11 is 0. The fraction of sp³-hybridized carbons (Fsp3) is 0.667. The van der Waals surface area contributed by atoms with Crippen LogP contribution in [0.15, 0.2) is 12.7 Å². The monoisotopic (exact) mass is 224 g/mol. The maximum Gasteiger partial charge on any atom is 0.226 e.